The van der Waals surface area contributed by atoms with E-state index in [-0.39, 0.29) is 0 Å². The lowest BCUT2D eigenvalue weighted by molar-refractivity contribution is 0.0276. The van der Waals surface area contributed by atoms with E-state index < -0.39 is 0 Å². The Morgan fingerprint density at radius 2 is 2.00 bits per heavy atom. The second-order valence-corrected chi connectivity index (χ2v) is 4.93. The highest BCUT2D eigenvalue weighted by Crippen LogP contribution is 2.15. The van der Waals surface area contributed by atoms with Crippen LogP contribution in [0.1, 0.15) is 13.8 Å². The van der Waals surface area contributed by atoms with Crippen LogP contribution in [0.25, 0.3) is 0 Å². The van der Waals surface area contributed by atoms with Crippen molar-refractivity contribution in [3.05, 3.63) is 30.3 Å². The predicted molar refractivity (Wildman–Crippen MR) is 66.0 cm³/mol. The van der Waals surface area contributed by atoms with Crippen molar-refractivity contribution >= 4 is 11.8 Å². The molecule has 1 aromatic rings. The van der Waals surface area contributed by atoms with Crippen molar-refractivity contribution in [2.75, 3.05) is 18.9 Å². The maximum Gasteiger partial charge on any atom is 0.0705 e. The molecule has 3 heteroatoms. The van der Waals surface area contributed by atoms with Gasteiger partial charge in [-0.25, -0.2) is 5.48 Å². The first kappa shape index (κ1) is 12.6. The fourth-order valence-corrected chi connectivity index (χ4v) is 1.80. The molecular formula is C12H19NOS. The summed E-state index contributed by atoms with van der Waals surface area (Å²) < 4.78 is 0. The molecule has 0 amide bonds. The average Bonchev–Trinajstić information content (AvgIpc) is 2.24. The van der Waals surface area contributed by atoms with Gasteiger partial charge in [-0.1, -0.05) is 32.0 Å². The van der Waals surface area contributed by atoms with Gasteiger partial charge < -0.3 is 4.84 Å². The van der Waals surface area contributed by atoms with Crippen molar-refractivity contribution in [3.8, 4) is 0 Å². The molecule has 2 nitrogen and oxygen atoms in total. The van der Waals surface area contributed by atoms with E-state index in [1.54, 1.807) is 0 Å². The van der Waals surface area contributed by atoms with Gasteiger partial charge in [0.05, 0.1) is 6.61 Å². The lowest BCUT2D eigenvalue weighted by Gasteiger charge is -2.07. The van der Waals surface area contributed by atoms with Crippen LogP contribution in [0.15, 0.2) is 35.2 Å². The summed E-state index contributed by atoms with van der Waals surface area (Å²) in [4.78, 5) is 6.58. The first-order valence-electron chi connectivity index (χ1n) is 5.31. The molecule has 0 heterocycles. The number of thioether (sulfide) groups is 1. The molecule has 0 saturated heterocycles. The molecule has 0 atom stereocenters. The largest absolute Gasteiger partial charge is 0.302 e. The molecule has 0 fully saturated rings. The highest BCUT2D eigenvalue weighted by Gasteiger charge is 1.94. The predicted octanol–water partition coefficient (Wildman–Crippen LogP) is 2.96. The quantitative estimate of drug-likeness (QED) is 0.438. The second-order valence-electron chi connectivity index (χ2n) is 3.76. The summed E-state index contributed by atoms with van der Waals surface area (Å²) in [6.45, 7) is 5.93. The van der Waals surface area contributed by atoms with E-state index in [1.165, 1.54) is 4.90 Å². The third-order valence-electron chi connectivity index (χ3n) is 1.73. The SMILES string of the molecule is CC(C)CONCCSc1ccccc1. The van der Waals surface area contributed by atoms with Crippen LogP contribution < -0.4 is 5.48 Å². The molecular weight excluding hydrogens is 206 g/mol. The van der Waals surface area contributed by atoms with Crippen molar-refractivity contribution in [3.63, 3.8) is 0 Å². The summed E-state index contributed by atoms with van der Waals surface area (Å²) in [5, 5.41) is 0. The third-order valence-corrected chi connectivity index (χ3v) is 2.75. The zero-order valence-corrected chi connectivity index (χ0v) is 10.2. The lowest BCUT2D eigenvalue weighted by atomic mass is 10.2. The van der Waals surface area contributed by atoms with Crippen LogP contribution in [0.3, 0.4) is 0 Å². The van der Waals surface area contributed by atoms with Crippen LogP contribution in [0.5, 0.6) is 0 Å². The monoisotopic (exact) mass is 225 g/mol. The molecule has 1 aromatic carbocycles. The highest BCUT2D eigenvalue weighted by atomic mass is 32.2. The van der Waals surface area contributed by atoms with Gasteiger partial charge in [-0.15, -0.1) is 11.8 Å². The molecule has 0 saturated carbocycles. The van der Waals surface area contributed by atoms with E-state index >= 15 is 0 Å². The van der Waals surface area contributed by atoms with Gasteiger partial charge in [0, 0.05) is 17.2 Å². The van der Waals surface area contributed by atoms with E-state index in [0.717, 1.165) is 18.9 Å². The van der Waals surface area contributed by atoms with Gasteiger partial charge in [0.2, 0.25) is 0 Å². The fraction of sp³-hybridized carbons (Fsp3) is 0.500. The smallest absolute Gasteiger partial charge is 0.0705 e. The minimum Gasteiger partial charge on any atom is -0.302 e. The molecule has 0 unspecified atom stereocenters. The Hall–Kier alpha value is -0.510. The fourth-order valence-electron chi connectivity index (χ4n) is 1.03. The molecule has 0 aromatic heterocycles. The number of hydrogen-bond donors (Lipinski definition) is 1. The number of hydrogen-bond acceptors (Lipinski definition) is 3. The van der Waals surface area contributed by atoms with Crippen LogP contribution in [0.4, 0.5) is 0 Å². The summed E-state index contributed by atoms with van der Waals surface area (Å²) in [6.07, 6.45) is 0. The second kappa shape index (κ2) is 7.74. The lowest BCUT2D eigenvalue weighted by Crippen LogP contribution is -2.20. The number of nitrogens with one attached hydrogen (secondary N) is 1. The van der Waals surface area contributed by atoms with Crippen molar-refractivity contribution < 1.29 is 4.84 Å². The maximum absolute atomic E-state index is 5.27. The zero-order valence-electron chi connectivity index (χ0n) is 9.40. The van der Waals surface area contributed by atoms with Crippen molar-refractivity contribution in [2.45, 2.75) is 18.7 Å². The van der Waals surface area contributed by atoms with Crippen LogP contribution in [0, 0.1) is 5.92 Å². The summed E-state index contributed by atoms with van der Waals surface area (Å²) in [7, 11) is 0. The Labute approximate surface area is 96.4 Å². The van der Waals surface area contributed by atoms with E-state index in [9.17, 15) is 0 Å². The minimum absolute atomic E-state index is 0.583. The van der Waals surface area contributed by atoms with Crippen LogP contribution in [-0.4, -0.2) is 18.9 Å². The van der Waals surface area contributed by atoms with Gasteiger partial charge in [0.15, 0.2) is 0 Å². The minimum atomic E-state index is 0.583. The van der Waals surface area contributed by atoms with Crippen molar-refractivity contribution in [1.29, 1.82) is 0 Å². The molecule has 0 aliphatic rings. The topological polar surface area (TPSA) is 21.3 Å². The Balaban J connectivity index is 1.98. The van der Waals surface area contributed by atoms with E-state index in [4.69, 9.17) is 4.84 Å². The zero-order chi connectivity index (χ0) is 10.9. The van der Waals surface area contributed by atoms with Crippen LogP contribution in [0.2, 0.25) is 0 Å². The molecule has 15 heavy (non-hydrogen) atoms. The van der Waals surface area contributed by atoms with Crippen LogP contribution >= 0.6 is 11.8 Å². The van der Waals surface area contributed by atoms with Crippen molar-refractivity contribution in [2.24, 2.45) is 5.92 Å². The summed E-state index contributed by atoms with van der Waals surface area (Å²) in [6, 6.07) is 10.4. The van der Waals surface area contributed by atoms with Gasteiger partial charge in [0.25, 0.3) is 0 Å². The summed E-state index contributed by atoms with van der Waals surface area (Å²) in [5.74, 6) is 1.61. The maximum atomic E-state index is 5.27. The Morgan fingerprint density at radius 3 is 2.67 bits per heavy atom. The van der Waals surface area contributed by atoms with Gasteiger partial charge >= 0.3 is 0 Å². The summed E-state index contributed by atoms with van der Waals surface area (Å²) >= 11 is 1.84. The van der Waals surface area contributed by atoms with Crippen LogP contribution in [-0.2, 0) is 4.84 Å². The third kappa shape index (κ3) is 6.55. The Morgan fingerprint density at radius 1 is 1.27 bits per heavy atom. The normalized spacial score (nSPS) is 10.9. The molecule has 0 radical (unpaired) electrons. The number of hydroxylamine groups is 1. The molecule has 1 N–H and O–H groups in total. The van der Waals surface area contributed by atoms with E-state index in [1.807, 2.05) is 17.8 Å². The number of rotatable bonds is 7. The van der Waals surface area contributed by atoms with Gasteiger partial charge in [0.1, 0.15) is 0 Å². The van der Waals surface area contributed by atoms with Crippen molar-refractivity contribution in [1.82, 2.24) is 5.48 Å². The van der Waals surface area contributed by atoms with E-state index in [2.05, 4.69) is 43.6 Å². The molecule has 0 aliphatic heterocycles. The molecule has 0 aliphatic carbocycles. The molecule has 0 bridgehead atoms. The highest BCUT2D eigenvalue weighted by molar-refractivity contribution is 7.99. The molecule has 84 valence electrons. The molecule has 0 spiro atoms. The summed E-state index contributed by atoms with van der Waals surface area (Å²) in [5.41, 5.74) is 2.97. The standard InChI is InChI=1S/C12H19NOS/c1-11(2)10-14-13-8-9-15-12-6-4-3-5-7-12/h3-7,11,13H,8-10H2,1-2H3. The molecule has 1 rings (SSSR count). The number of benzene rings is 1. The Kier molecular flexibility index (Phi) is 6.48. The van der Waals surface area contributed by atoms with Gasteiger partial charge in [-0.05, 0) is 18.1 Å². The van der Waals surface area contributed by atoms with Gasteiger partial charge in [-0.2, -0.15) is 0 Å². The first-order chi connectivity index (χ1) is 7.29. The Bertz CT molecular complexity index is 251. The average molecular weight is 225 g/mol. The first-order valence-corrected chi connectivity index (χ1v) is 6.30. The van der Waals surface area contributed by atoms with E-state index in [0.29, 0.717) is 5.92 Å². The van der Waals surface area contributed by atoms with Gasteiger partial charge in [-0.3, -0.25) is 0 Å².